The van der Waals surface area contributed by atoms with Gasteiger partial charge in [-0.1, -0.05) is 11.6 Å². The van der Waals surface area contributed by atoms with Crippen molar-refractivity contribution in [3.8, 4) is 0 Å². The van der Waals surface area contributed by atoms with Crippen molar-refractivity contribution in [1.82, 2.24) is 5.32 Å². The van der Waals surface area contributed by atoms with Crippen LogP contribution in [0.5, 0.6) is 0 Å². The molecular weight excluding hydrogens is 230 g/mol. The lowest BCUT2D eigenvalue weighted by Crippen LogP contribution is -2.10. The first-order valence-corrected chi connectivity index (χ1v) is 6.40. The van der Waals surface area contributed by atoms with Crippen LogP contribution in [0.2, 0.25) is 4.34 Å². The van der Waals surface area contributed by atoms with Crippen LogP contribution in [-0.2, 0) is 6.42 Å². The van der Waals surface area contributed by atoms with E-state index >= 15 is 0 Å². The quantitative estimate of drug-likeness (QED) is 0.766. The van der Waals surface area contributed by atoms with Crippen molar-refractivity contribution in [2.75, 3.05) is 13.1 Å². The third-order valence-corrected chi connectivity index (χ3v) is 5.06. The Balaban J connectivity index is 2.12. The van der Waals surface area contributed by atoms with E-state index in [4.69, 9.17) is 11.6 Å². The molecule has 0 spiro atoms. The highest BCUT2D eigenvalue weighted by atomic mass is 35.5. The third kappa shape index (κ3) is 1.30. The normalized spacial score (nSPS) is 27.9. The van der Waals surface area contributed by atoms with Gasteiger partial charge < -0.3 is 5.32 Å². The molecule has 1 fully saturated rings. The molecule has 1 aliphatic carbocycles. The number of Topliss-reactive ketones (excluding diaryl/α,β-unsaturated/α-hetero) is 1. The summed E-state index contributed by atoms with van der Waals surface area (Å²) >= 11 is 7.74. The molecule has 1 N–H and O–H groups in total. The van der Waals surface area contributed by atoms with E-state index in [9.17, 15) is 4.79 Å². The third-order valence-electron chi connectivity index (χ3n) is 3.49. The lowest BCUT2D eigenvalue weighted by atomic mass is 10.0. The second-order valence-corrected chi connectivity index (χ2v) is 6.03. The molecule has 2 heterocycles. The smallest absolute Gasteiger partial charge is 0.162 e. The summed E-state index contributed by atoms with van der Waals surface area (Å²) in [6, 6.07) is 0. The molecule has 0 aromatic carbocycles. The lowest BCUT2D eigenvalue weighted by Gasteiger charge is -2.06. The zero-order valence-electron chi connectivity index (χ0n) is 8.47. The molecule has 0 bridgehead atoms. The standard InChI is InChI=1S/C11H12ClNOS/c1-5(14)9-7-2-6-3-13-4-8(6)10(7)15-11(9)12/h6,8,13H,2-4H2,1H3. The minimum absolute atomic E-state index is 0.116. The van der Waals surface area contributed by atoms with Gasteiger partial charge in [0.2, 0.25) is 0 Å². The second kappa shape index (κ2) is 3.30. The zero-order chi connectivity index (χ0) is 10.6. The molecule has 1 saturated heterocycles. The van der Waals surface area contributed by atoms with Gasteiger partial charge in [-0.25, -0.2) is 0 Å². The number of rotatable bonds is 1. The summed E-state index contributed by atoms with van der Waals surface area (Å²) in [7, 11) is 0. The average molecular weight is 242 g/mol. The van der Waals surface area contributed by atoms with E-state index in [2.05, 4.69) is 5.32 Å². The molecule has 1 aliphatic heterocycles. The van der Waals surface area contributed by atoms with Gasteiger partial charge in [-0.2, -0.15) is 0 Å². The van der Waals surface area contributed by atoms with E-state index in [1.54, 1.807) is 18.3 Å². The van der Waals surface area contributed by atoms with Gasteiger partial charge in [0.25, 0.3) is 0 Å². The summed E-state index contributed by atoms with van der Waals surface area (Å²) in [5, 5.41) is 3.40. The maximum Gasteiger partial charge on any atom is 0.162 e. The molecule has 2 aliphatic rings. The predicted molar refractivity (Wildman–Crippen MR) is 62.1 cm³/mol. The molecule has 0 radical (unpaired) electrons. The highest BCUT2D eigenvalue weighted by molar-refractivity contribution is 7.17. The largest absolute Gasteiger partial charge is 0.316 e. The first-order valence-electron chi connectivity index (χ1n) is 5.21. The van der Waals surface area contributed by atoms with Crippen LogP contribution in [0, 0.1) is 5.92 Å². The van der Waals surface area contributed by atoms with Gasteiger partial charge in [-0.05, 0) is 31.4 Å². The van der Waals surface area contributed by atoms with Crippen LogP contribution >= 0.6 is 22.9 Å². The number of nitrogens with one attached hydrogen (secondary N) is 1. The number of carbonyl (C=O) groups excluding carboxylic acids is 1. The van der Waals surface area contributed by atoms with Gasteiger partial charge in [0.05, 0.1) is 5.56 Å². The van der Waals surface area contributed by atoms with Gasteiger partial charge in [0, 0.05) is 17.3 Å². The van der Waals surface area contributed by atoms with E-state index in [1.165, 1.54) is 10.4 Å². The van der Waals surface area contributed by atoms with E-state index in [0.29, 0.717) is 16.2 Å². The average Bonchev–Trinajstić information content (AvgIpc) is 2.74. The lowest BCUT2D eigenvalue weighted by molar-refractivity contribution is 0.101. The van der Waals surface area contributed by atoms with Gasteiger partial charge in [0.1, 0.15) is 4.34 Å². The first-order chi connectivity index (χ1) is 7.18. The molecule has 0 amide bonds. The molecule has 2 nitrogen and oxygen atoms in total. The molecule has 1 aromatic heterocycles. The summed E-state index contributed by atoms with van der Waals surface area (Å²) in [6.45, 7) is 3.74. The van der Waals surface area contributed by atoms with E-state index < -0.39 is 0 Å². The van der Waals surface area contributed by atoms with Crippen LogP contribution in [0.4, 0.5) is 0 Å². The molecule has 1 aromatic rings. The maximum absolute atomic E-state index is 11.5. The van der Waals surface area contributed by atoms with E-state index in [0.717, 1.165) is 25.1 Å². The van der Waals surface area contributed by atoms with Crippen molar-refractivity contribution in [1.29, 1.82) is 0 Å². The Morgan fingerprint density at radius 2 is 2.33 bits per heavy atom. The molecule has 4 heteroatoms. The predicted octanol–water partition coefficient (Wildman–Crippen LogP) is 2.46. The van der Waals surface area contributed by atoms with Crippen LogP contribution in [0.15, 0.2) is 0 Å². The maximum atomic E-state index is 11.5. The van der Waals surface area contributed by atoms with Crippen LogP contribution in [-0.4, -0.2) is 18.9 Å². The van der Waals surface area contributed by atoms with Crippen molar-refractivity contribution < 1.29 is 4.79 Å². The second-order valence-electron chi connectivity index (χ2n) is 4.38. The monoisotopic (exact) mass is 241 g/mol. The summed E-state index contributed by atoms with van der Waals surface area (Å²) < 4.78 is 0.692. The molecule has 3 rings (SSSR count). The fourth-order valence-electron chi connectivity index (χ4n) is 2.82. The minimum atomic E-state index is 0.116. The van der Waals surface area contributed by atoms with E-state index in [1.807, 2.05) is 0 Å². The topological polar surface area (TPSA) is 29.1 Å². The molecular formula is C11H12ClNOS. The summed E-state index contributed by atoms with van der Waals surface area (Å²) in [5.74, 6) is 1.42. The van der Waals surface area contributed by atoms with Crippen molar-refractivity contribution in [2.45, 2.75) is 19.3 Å². The van der Waals surface area contributed by atoms with Crippen LogP contribution in [0.25, 0.3) is 0 Å². The van der Waals surface area contributed by atoms with Gasteiger partial charge in [-0.15, -0.1) is 11.3 Å². The number of carbonyl (C=O) groups is 1. The fraction of sp³-hybridized carbons (Fsp3) is 0.545. The molecule has 80 valence electrons. The number of fused-ring (bicyclic) bond motifs is 3. The zero-order valence-corrected chi connectivity index (χ0v) is 10.0. The summed E-state index contributed by atoms with van der Waals surface area (Å²) in [4.78, 5) is 12.9. The number of thiophene rings is 1. The molecule has 2 unspecified atom stereocenters. The summed E-state index contributed by atoms with van der Waals surface area (Å²) in [5.41, 5.74) is 2.04. The van der Waals surface area contributed by atoms with Crippen LogP contribution < -0.4 is 5.32 Å². The fourth-order valence-corrected chi connectivity index (χ4v) is 4.61. The molecule has 2 atom stereocenters. The van der Waals surface area contributed by atoms with Crippen molar-refractivity contribution in [2.24, 2.45) is 5.92 Å². The Labute approximate surface area is 97.6 Å². The van der Waals surface area contributed by atoms with Crippen LogP contribution in [0.1, 0.15) is 33.6 Å². The van der Waals surface area contributed by atoms with Gasteiger partial charge in [-0.3, -0.25) is 4.79 Å². The van der Waals surface area contributed by atoms with Gasteiger partial charge in [0.15, 0.2) is 5.78 Å². The SMILES string of the molecule is CC(=O)c1c(Cl)sc2c1CC1CNCC21. The Kier molecular flexibility index (Phi) is 2.16. The van der Waals surface area contributed by atoms with Crippen LogP contribution in [0.3, 0.4) is 0 Å². The van der Waals surface area contributed by atoms with Crippen molar-refractivity contribution in [3.05, 3.63) is 20.3 Å². The highest BCUT2D eigenvalue weighted by Crippen LogP contribution is 2.48. The number of ketones is 1. The number of halogens is 1. The van der Waals surface area contributed by atoms with E-state index in [-0.39, 0.29) is 5.78 Å². The number of hydrogen-bond donors (Lipinski definition) is 1. The summed E-state index contributed by atoms with van der Waals surface area (Å²) in [6.07, 6.45) is 1.03. The Hall–Kier alpha value is -0.380. The first kappa shape index (κ1) is 9.82. The Morgan fingerprint density at radius 1 is 1.53 bits per heavy atom. The Morgan fingerprint density at radius 3 is 3.07 bits per heavy atom. The van der Waals surface area contributed by atoms with Gasteiger partial charge >= 0.3 is 0 Å². The molecule has 15 heavy (non-hydrogen) atoms. The highest BCUT2D eigenvalue weighted by Gasteiger charge is 2.40. The molecule has 0 saturated carbocycles. The van der Waals surface area contributed by atoms with Crippen molar-refractivity contribution >= 4 is 28.7 Å². The Bertz CT molecular complexity index is 440. The number of hydrogen-bond acceptors (Lipinski definition) is 3. The van der Waals surface area contributed by atoms with Crippen molar-refractivity contribution in [3.63, 3.8) is 0 Å². The minimum Gasteiger partial charge on any atom is -0.316 e.